The van der Waals surface area contributed by atoms with Gasteiger partial charge in [0.05, 0.1) is 6.61 Å². The van der Waals surface area contributed by atoms with Gasteiger partial charge < -0.3 is 14.2 Å². The fourth-order valence-electron chi connectivity index (χ4n) is 3.61. The number of benzene rings is 2. The minimum absolute atomic E-state index is 0.144. The molecule has 2 rings (SSSR count). The minimum atomic E-state index is -0.261. The first-order valence-electron chi connectivity index (χ1n) is 12.8. The number of ether oxygens (including phenoxy) is 3. The van der Waals surface area contributed by atoms with Crippen LogP contribution in [0.1, 0.15) is 85.0 Å². The van der Waals surface area contributed by atoms with Crippen molar-refractivity contribution < 1.29 is 19.0 Å². The van der Waals surface area contributed by atoms with Crippen molar-refractivity contribution in [3.05, 3.63) is 48.5 Å². The quantitative estimate of drug-likeness (QED) is 0.179. The summed E-state index contributed by atoms with van der Waals surface area (Å²) in [6.07, 6.45) is 10.9. The molecule has 33 heavy (non-hydrogen) atoms. The van der Waals surface area contributed by atoms with Crippen molar-refractivity contribution in [2.24, 2.45) is 0 Å². The first kappa shape index (κ1) is 26.8. The maximum atomic E-state index is 11.8. The summed E-state index contributed by atoms with van der Waals surface area (Å²) in [6, 6.07) is 16.2. The number of carbonyl (C=O) groups excluding carboxylic acids is 1. The molecule has 0 fully saturated rings. The first-order valence-corrected chi connectivity index (χ1v) is 12.8. The molecular formula is C29H42O4. The number of carbonyl (C=O) groups is 1. The highest BCUT2D eigenvalue weighted by Crippen LogP contribution is 2.25. The fourth-order valence-corrected chi connectivity index (χ4v) is 3.61. The lowest BCUT2D eigenvalue weighted by atomic mass is 10.1. The van der Waals surface area contributed by atoms with Gasteiger partial charge in [0.2, 0.25) is 0 Å². The average molecular weight is 455 g/mol. The molecule has 2 aromatic rings. The minimum Gasteiger partial charge on any atom is -0.494 e. The van der Waals surface area contributed by atoms with Crippen molar-refractivity contribution >= 4 is 5.97 Å². The van der Waals surface area contributed by atoms with E-state index in [0.29, 0.717) is 13.0 Å². The summed E-state index contributed by atoms with van der Waals surface area (Å²) >= 11 is 0. The van der Waals surface area contributed by atoms with Gasteiger partial charge in [0.1, 0.15) is 24.2 Å². The summed E-state index contributed by atoms with van der Waals surface area (Å²) in [7, 11) is 0. The van der Waals surface area contributed by atoms with Crippen LogP contribution < -0.4 is 9.47 Å². The lowest BCUT2D eigenvalue weighted by Crippen LogP contribution is -2.21. The molecule has 0 aliphatic rings. The molecule has 1 unspecified atom stereocenters. The molecule has 0 aliphatic heterocycles. The Kier molecular flexibility index (Phi) is 13.1. The molecule has 0 N–H and O–H groups in total. The summed E-state index contributed by atoms with van der Waals surface area (Å²) in [5, 5.41) is 0. The molecule has 0 aliphatic carbocycles. The molecule has 0 spiro atoms. The van der Waals surface area contributed by atoms with Crippen LogP contribution in [-0.4, -0.2) is 25.3 Å². The van der Waals surface area contributed by atoms with Gasteiger partial charge in [-0.05, 0) is 55.2 Å². The second-order valence-electron chi connectivity index (χ2n) is 8.73. The van der Waals surface area contributed by atoms with Crippen LogP contribution in [0.4, 0.5) is 0 Å². The van der Waals surface area contributed by atoms with Crippen molar-refractivity contribution in [3.8, 4) is 22.6 Å². The van der Waals surface area contributed by atoms with Crippen LogP contribution in [0.5, 0.6) is 11.5 Å². The molecular weight excluding hydrogens is 412 g/mol. The summed E-state index contributed by atoms with van der Waals surface area (Å²) in [6.45, 7) is 7.36. The first-order chi connectivity index (χ1) is 16.1. The van der Waals surface area contributed by atoms with Crippen LogP contribution in [0.15, 0.2) is 48.5 Å². The van der Waals surface area contributed by atoms with Crippen LogP contribution in [0.2, 0.25) is 0 Å². The van der Waals surface area contributed by atoms with E-state index in [0.717, 1.165) is 54.9 Å². The number of rotatable bonds is 17. The highest BCUT2D eigenvalue weighted by atomic mass is 16.6. The summed E-state index contributed by atoms with van der Waals surface area (Å²) in [5.41, 5.74) is 2.27. The van der Waals surface area contributed by atoms with E-state index in [4.69, 9.17) is 14.2 Å². The number of hydrogen-bond donors (Lipinski definition) is 0. The van der Waals surface area contributed by atoms with Crippen LogP contribution in [-0.2, 0) is 9.53 Å². The van der Waals surface area contributed by atoms with Crippen molar-refractivity contribution in [2.75, 3.05) is 13.2 Å². The van der Waals surface area contributed by atoms with E-state index in [2.05, 4.69) is 26.0 Å². The second-order valence-corrected chi connectivity index (χ2v) is 8.73. The molecule has 0 aromatic heterocycles. The third-order valence-electron chi connectivity index (χ3n) is 5.61. The van der Waals surface area contributed by atoms with E-state index in [9.17, 15) is 4.79 Å². The smallest absolute Gasteiger partial charge is 0.306 e. The van der Waals surface area contributed by atoms with E-state index < -0.39 is 0 Å². The second kappa shape index (κ2) is 16.2. The molecule has 0 amide bonds. The Balaban J connectivity index is 1.70. The normalized spacial score (nSPS) is 11.7. The summed E-state index contributed by atoms with van der Waals surface area (Å²) < 4.78 is 17.1. The molecule has 2 aromatic carbocycles. The maximum absolute atomic E-state index is 11.8. The molecule has 182 valence electrons. The number of unbranched alkanes of at least 4 members (excludes halogenated alkanes) is 7. The summed E-state index contributed by atoms with van der Waals surface area (Å²) in [5.74, 6) is 1.55. The van der Waals surface area contributed by atoms with E-state index in [1.165, 1.54) is 32.1 Å². The zero-order valence-electron chi connectivity index (χ0n) is 20.8. The largest absolute Gasteiger partial charge is 0.494 e. The van der Waals surface area contributed by atoms with E-state index in [-0.39, 0.29) is 12.1 Å². The van der Waals surface area contributed by atoms with Crippen molar-refractivity contribution in [1.82, 2.24) is 0 Å². The van der Waals surface area contributed by atoms with Crippen LogP contribution in [0.25, 0.3) is 11.1 Å². The molecule has 0 heterocycles. The maximum Gasteiger partial charge on any atom is 0.306 e. The number of esters is 1. The van der Waals surface area contributed by atoms with Gasteiger partial charge in [-0.2, -0.15) is 0 Å². The molecule has 1 atom stereocenters. The highest BCUT2D eigenvalue weighted by molar-refractivity contribution is 5.69. The Hall–Kier alpha value is -2.49. The third kappa shape index (κ3) is 11.3. The topological polar surface area (TPSA) is 44.8 Å². The van der Waals surface area contributed by atoms with Crippen molar-refractivity contribution in [3.63, 3.8) is 0 Å². The van der Waals surface area contributed by atoms with Crippen LogP contribution in [0.3, 0.4) is 0 Å². The molecule has 0 bridgehead atoms. The Bertz CT molecular complexity index is 767. The van der Waals surface area contributed by atoms with Gasteiger partial charge in [-0.25, -0.2) is 0 Å². The predicted octanol–water partition coefficient (Wildman–Crippen LogP) is 7.98. The summed E-state index contributed by atoms with van der Waals surface area (Å²) in [4.78, 5) is 11.8. The van der Waals surface area contributed by atoms with Gasteiger partial charge in [-0.15, -0.1) is 0 Å². The fraction of sp³-hybridized carbons (Fsp3) is 0.552. The molecule has 4 nitrogen and oxygen atoms in total. The SMILES string of the molecule is CCCCCCCCOc1ccc(-c2ccc(OCC(C)OC(=O)CCCCC)cc2)cc1. The van der Waals surface area contributed by atoms with Gasteiger partial charge in [-0.1, -0.05) is 83.1 Å². The van der Waals surface area contributed by atoms with Crippen LogP contribution >= 0.6 is 0 Å². The van der Waals surface area contributed by atoms with E-state index >= 15 is 0 Å². The Morgan fingerprint density at radius 1 is 0.697 bits per heavy atom. The van der Waals surface area contributed by atoms with Crippen molar-refractivity contribution in [2.45, 2.75) is 91.1 Å². The predicted molar refractivity (Wildman–Crippen MR) is 136 cm³/mol. The standard InChI is InChI=1S/C29H42O4/c1-4-6-8-9-10-12-22-31-27-18-14-25(15-19-27)26-16-20-28(21-17-26)32-23-24(3)33-29(30)13-11-7-5-2/h14-21,24H,4-13,22-23H2,1-3H3. The average Bonchev–Trinajstić information content (AvgIpc) is 2.83. The van der Waals surface area contributed by atoms with E-state index in [1.54, 1.807) is 0 Å². The Morgan fingerprint density at radius 3 is 1.82 bits per heavy atom. The Morgan fingerprint density at radius 2 is 1.21 bits per heavy atom. The van der Waals surface area contributed by atoms with Crippen molar-refractivity contribution in [1.29, 1.82) is 0 Å². The highest BCUT2D eigenvalue weighted by Gasteiger charge is 2.10. The zero-order valence-corrected chi connectivity index (χ0v) is 20.8. The van der Waals surface area contributed by atoms with E-state index in [1.807, 2.05) is 43.3 Å². The monoisotopic (exact) mass is 454 g/mol. The van der Waals surface area contributed by atoms with Crippen LogP contribution in [0, 0.1) is 0 Å². The molecule has 0 radical (unpaired) electrons. The molecule has 0 saturated heterocycles. The van der Waals surface area contributed by atoms with Gasteiger partial charge >= 0.3 is 5.97 Å². The van der Waals surface area contributed by atoms with Gasteiger partial charge in [0.15, 0.2) is 0 Å². The van der Waals surface area contributed by atoms with Gasteiger partial charge in [0.25, 0.3) is 0 Å². The lowest BCUT2D eigenvalue weighted by molar-refractivity contribution is -0.149. The van der Waals surface area contributed by atoms with Gasteiger partial charge in [0, 0.05) is 6.42 Å². The number of hydrogen-bond acceptors (Lipinski definition) is 4. The lowest BCUT2D eigenvalue weighted by Gasteiger charge is -2.14. The third-order valence-corrected chi connectivity index (χ3v) is 5.61. The Labute approximate surface area is 200 Å². The zero-order chi connectivity index (χ0) is 23.7. The molecule has 4 heteroatoms. The molecule has 0 saturated carbocycles. The van der Waals surface area contributed by atoms with Gasteiger partial charge in [-0.3, -0.25) is 4.79 Å².